The Labute approximate surface area is 161 Å². The van der Waals surface area contributed by atoms with Crippen molar-refractivity contribution in [3.63, 3.8) is 0 Å². The molecule has 1 atom stereocenters. The summed E-state index contributed by atoms with van der Waals surface area (Å²) in [5, 5.41) is 13.7. The van der Waals surface area contributed by atoms with Gasteiger partial charge in [-0.1, -0.05) is 6.07 Å². The molecule has 2 heterocycles. The Morgan fingerprint density at radius 3 is 2.89 bits per heavy atom. The molecular weight excluding hydrogens is 367 g/mol. The van der Waals surface area contributed by atoms with Gasteiger partial charge in [-0.25, -0.2) is 9.18 Å². The van der Waals surface area contributed by atoms with Crippen LogP contribution in [0, 0.1) is 17.1 Å². The van der Waals surface area contributed by atoms with Crippen LogP contribution in [0.3, 0.4) is 0 Å². The Morgan fingerprint density at radius 1 is 1.44 bits per heavy atom. The van der Waals surface area contributed by atoms with Gasteiger partial charge in [0.2, 0.25) is 0 Å². The summed E-state index contributed by atoms with van der Waals surface area (Å²) >= 11 is 1.67. The number of halogens is 1. The van der Waals surface area contributed by atoms with Gasteiger partial charge in [0.05, 0.1) is 24.8 Å². The Kier molecular flexibility index (Phi) is 6.40. The van der Waals surface area contributed by atoms with Crippen molar-refractivity contribution >= 4 is 23.1 Å². The van der Waals surface area contributed by atoms with Crippen molar-refractivity contribution in [3.05, 3.63) is 52.0 Å². The zero-order valence-electron chi connectivity index (χ0n) is 15.0. The number of morpholine rings is 1. The molecule has 27 heavy (non-hydrogen) atoms. The number of hydrogen-bond donors (Lipinski definition) is 1. The maximum Gasteiger partial charge on any atom is 0.321 e. The molecule has 1 N–H and O–H groups in total. The van der Waals surface area contributed by atoms with E-state index in [0.717, 1.165) is 13.1 Å². The highest BCUT2D eigenvalue weighted by Gasteiger charge is 2.26. The van der Waals surface area contributed by atoms with Crippen LogP contribution in [-0.4, -0.2) is 55.7 Å². The fraction of sp³-hybridized carbons (Fsp3) is 0.368. The zero-order chi connectivity index (χ0) is 19.2. The van der Waals surface area contributed by atoms with Gasteiger partial charge >= 0.3 is 6.03 Å². The molecule has 2 aromatic rings. The van der Waals surface area contributed by atoms with E-state index in [9.17, 15) is 9.18 Å². The number of anilines is 1. The maximum atomic E-state index is 13.4. The molecule has 0 bridgehead atoms. The van der Waals surface area contributed by atoms with Crippen molar-refractivity contribution in [1.82, 2.24) is 9.80 Å². The summed E-state index contributed by atoms with van der Waals surface area (Å²) in [5.41, 5.74) is 0.295. The molecule has 1 aromatic heterocycles. The van der Waals surface area contributed by atoms with Gasteiger partial charge in [0.1, 0.15) is 11.9 Å². The number of urea groups is 1. The standard InChI is InChI=1S/C19H21FN4O2S/c1-23(19(25)22-15-4-5-16(20)14(11-15)12-21)13-17(18-3-2-10-27-18)24-6-8-26-9-7-24/h2-5,10-11,17H,6-9,13H2,1H3,(H,22,25)/t17-/m0/s1. The second-order valence-electron chi connectivity index (χ2n) is 6.30. The Bertz CT molecular complexity index is 816. The Balaban J connectivity index is 1.68. The SMILES string of the molecule is CN(C[C@@H](c1cccs1)N1CCOCC1)C(=O)Nc1ccc(F)c(C#N)c1. The summed E-state index contributed by atoms with van der Waals surface area (Å²) in [5.74, 6) is -0.603. The van der Waals surface area contributed by atoms with Gasteiger partial charge in [0.15, 0.2) is 0 Å². The Hall–Kier alpha value is -2.47. The third kappa shape index (κ3) is 4.83. The summed E-state index contributed by atoms with van der Waals surface area (Å²) in [7, 11) is 1.73. The lowest BCUT2D eigenvalue weighted by molar-refractivity contribution is 0.0125. The summed E-state index contributed by atoms with van der Waals surface area (Å²) in [6.07, 6.45) is 0. The Morgan fingerprint density at radius 2 is 2.22 bits per heavy atom. The number of hydrogen-bond acceptors (Lipinski definition) is 5. The molecule has 0 radical (unpaired) electrons. The van der Waals surface area contributed by atoms with E-state index in [4.69, 9.17) is 10.00 Å². The molecule has 142 valence electrons. The topological polar surface area (TPSA) is 68.6 Å². The number of carbonyl (C=O) groups is 1. The number of nitriles is 1. The minimum Gasteiger partial charge on any atom is -0.379 e. The average Bonchev–Trinajstić information content (AvgIpc) is 3.22. The lowest BCUT2D eigenvalue weighted by Crippen LogP contribution is -2.44. The van der Waals surface area contributed by atoms with Crippen molar-refractivity contribution in [1.29, 1.82) is 5.26 Å². The highest BCUT2D eigenvalue weighted by Crippen LogP contribution is 2.27. The molecule has 0 aliphatic carbocycles. The first-order valence-electron chi connectivity index (χ1n) is 8.65. The molecule has 0 unspecified atom stereocenters. The van der Waals surface area contributed by atoms with Crippen molar-refractivity contribution in [2.24, 2.45) is 0 Å². The van der Waals surface area contributed by atoms with E-state index < -0.39 is 5.82 Å². The number of nitrogens with zero attached hydrogens (tertiary/aromatic N) is 3. The predicted octanol–water partition coefficient (Wildman–Crippen LogP) is 3.30. The molecule has 0 saturated carbocycles. The van der Waals surface area contributed by atoms with Crippen LogP contribution < -0.4 is 5.32 Å². The summed E-state index contributed by atoms with van der Waals surface area (Å²) in [6.45, 7) is 3.52. The molecule has 2 amide bonds. The van der Waals surface area contributed by atoms with Gasteiger partial charge in [-0.15, -0.1) is 11.3 Å². The van der Waals surface area contributed by atoms with Gasteiger partial charge in [0.25, 0.3) is 0 Å². The van der Waals surface area contributed by atoms with E-state index in [0.29, 0.717) is 25.4 Å². The van der Waals surface area contributed by atoms with E-state index in [1.165, 1.54) is 23.1 Å². The number of carbonyl (C=O) groups excluding carboxylic acids is 1. The molecule has 8 heteroatoms. The fourth-order valence-electron chi connectivity index (χ4n) is 3.01. The van der Waals surface area contributed by atoms with Crippen LogP contribution in [0.1, 0.15) is 16.5 Å². The summed E-state index contributed by atoms with van der Waals surface area (Å²) in [4.78, 5) is 17.7. The van der Waals surface area contributed by atoms with Crippen LogP contribution in [0.25, 0.3) is 0 Å². The largest absolute Gasteiger partial charge is 0.379 e. The number of rotatable bonds is 5. The average molecular weight is 388 g/mol. The minimum atomic E-state index is -0.603. The number of benzene rings is 1. The van der Waals surface area contributed by atoms with Crippen LogP contribution in [0.5, 0.6) is 0 Å². The van der Waals surface area contributed by atoms with Crippen molar-refractivity contribution in [3.8, 4) is 6.07 Å². The molecule has 1 aromatic carbocycles. The quantitative estimate of drug-likeness (QED) is 0.853. The number of ether oxygens (including phenoxy) is 1. The van der Waals surface area contributed by atoms with E-state index in [1.54, 1.807) is 29.4 Å². The lowest BCUT2D eigenvalue weighted by Gasteiger charge is -2.36. The van der Waals surface area contributed by atoms with Crippen molar-refractivity contribution < 1.29 is 13.9 Å². The number of amides is 2. The van der Waals surface area contributed by atoms with Crippen molar-refractivity contribution in [2.45, 2.75) is 6.04 Å². The highest BCUT2D eigenvalue weighted by molar-refractivity contribution is 7.10. The van der Waals surface area contributed by atoms with Crippen LogP contribution in [0.2, 0.25) is 0 Å². The van der Waals surface area contributed by atoms with Crippen LogP contribution in [0.15, 0.2) is 35.7 Å². The molecule has 1 aliphatic heterocycles. The first-order chi connectivity index (χ1) is 13.1. The van der Waals surface area contributed by atoms with Crippen LogP contribution >= 0.6 is 11.3 Å². The molecule has 3 rings (SSSR count). The minimum absolute atomic E-state index is 0.0903. The molecule has 6 nitrogen and oxygen atoms in total. The van der Waals surface area contributed by atoms with Crippen molar-refractivity contribution in [2.75, 3.05) is 45.2 Å². The monoisotopic (exact) mass is 388 g/mol. The fourth-order valence-corrected chi connectivity index (χ4v) is 3.86. The molecule has 0 spiro atoms. The van der Waals surface area contributed by atoms with Gasteiger partial charge in [0, 0.05) is 37.2 Å². The third-order valence-corrected chi connectivity index (χ3v) is 5.46. The van der Waals surface area contributed by atoms with Gasteiger partial charge in [-0.2, -0.15) is 5.26 Å². The number of thiophene rings is 1. The summed E-state index contributed by atoms with van der Waals surface area (Å²) in [6, 6.07) is 9.60. The normalized spacial score (nSPS) is 15.7. The third-order valence-electron chi connectivity index (χ3n) is 4.49. The first kappa shape index (κ1) is 19.3. The van der Waals surface area contributed by atoms with Crippen LogP contribution in [0.4, 0.5) is 14.9 Å². The second kappa shape index (κ2) is 8.95. The van der Waals surface area contributed by atoms with E-state index in [2.05, 4.69) is 16.3 Å². The highest BCUT2D eigenvalue weighted by atomic mass is 32.1. The van der Waals surface area contributed by atoms with E-state index >= 15 is 0 Å². The molecule has 1 fully saturated rings. The lowest BCUT2D eigenvalue weighted by atomic mass is 10.1. The molecule has 1 aliphatic rings. The van der Waals surface area contributed by atoms with Gasteiger partial charge in [-0.05, 0) is 29.6 Å². The first-order valence-corrected chi connectivity index (χ1v) is 9.53. The number of likely N-dealkylation sites (N-methyl/N-ethyl adjacent to an activating group) is 1. The predicted molar refractivity (Wildman–Crippen MR) is 102 cm³/mol. The second-order valence-corrected chi connectivity index (χ2v) is 7.28. The van der Waals surface area contributed by atoms with E-state index in [-0.39, 0.29) is 17.6 Å². The van der Waals surface area contributed by atoms with Gasteiger partial charge < -0.3 is 15.0 Å². The van der Waals surface area contributed by atoms with Gasteiger partial charge in [-0.3, -0.25) is 4.90 Å². The smallest absolute Gasteiger partial charge is 0.321 e. The zero-order valence-corrected chi connectivity index (χ0v) is 15.8. The van der Waals surface area contributed by atoms with E-state index in [1.807, 2.05) is 11.4 Å². The van der Waals surface area contributed by atoms with Crippen LogP contribution in [-0.2, 0) is 4.74 Å². The number of nitrogens with one attached hydrogen (secondary N) is 1. The molecule has 1 saturated heterocycles. The summed E-state index contributed by atoms with van der Waals surface area (Å²) < 4.78 is 18.9. The molecular formula is C19H21FN4O2S. The maximum absolute atomic E-state index is 13.4.